The minimum absolute atomic E-state index is 0.00931. The Morgan fingerprint density at radius 2 is 2.00 bits per heavy atom. The van der Waals surface area contributed by atoms with Crippen molar-refractivity contribution in [2.75, 3.05) is 0 Å². The Hall–Kier alpha value is -3.80. The van der Waals surface area contributed by atoms with E-state index in [0.29, 0.717) is 34.1 Å². The van der Waals surface area contributed by atoms with E-state index in [1.54, 1.807) is 13.8 Å². The van der Waals surface area contributed by atoms with Gasteiger partial charge in [-0.3, -0.25) is 9.59 Å². The molecule has 3 aromatic rings. The number of hydrogen-bond donors (Lipinski definition) is 2. The normalized spacial score (nSPS) is 21.9. The van der Waals surface area contributed by atoms with Gasteiger partial charge < -0.3 is 19.7 Å². The molecule has 1 unspecified atom stereocenters. The lowest BCUT2D eigenvalue weighted by atomic mass is 9.81. The predicted molar refractivity (Wildman–Crippen MR) is 134 cm³/mol. The Bertz CT molecular complexity index is 1710. The van der Waals surface area contributed by atoms with E-state index in [-0.39, 0.29) is 54.0 Å². The molecule has 40 heavy (non-hydrogen) atoms. The molecule has 6 rings (SSSR count). The summed E-state index contributed by atoms with van der Waals surface area (Å²) in [6.07, 6.45) is -4.25. The second kappa shape index (κ2) is 8.60. The van der Waals surface area contributed by atoms with Crippen molar-refractivity contribution in [1.82, 2.24) is 14.9 Å². The number of nitrogens with zero attached hydrogens (tertiary/aromatic N) is 2. The number of halogens is 4. The van der Waals surface area contributed by atoms with Gasteiger partial charge in [-0.05, 0) is 55.9 Å². The standard InChI is InChI=1S/C28H25F4N3O5/c1-4-27(39)16-7-20-23-14(9-35(20)25(37)15(16)10-40-26(27)38)22-18(34-24(36)12(3)28(30,31)32)6-5-13-11(2)17(29)8-19(33-23)21(13)22/h7-8,12,18,39H,4-6,9-10H2,1-3H3,(H,34,36)/t12?,18-,27-/m0/s1. The Balaban J connectivity index is 1.60. The van der Waals surface area contributed by atoms with Crippen LogP contribution in [0.5, 0.6) is 0 Å². The third-order valence-electron chi connectivity index (χ3n) is 8.58. The van der Waals surface area contributed by atoms with E-state index in [2.05, 4.69) is 10.3 Å². The molecule has 1 aromatic carbocycles. The number of cyclic esters (lactones) is 1. The molecule has 1 aliphatic carbocycles. The van der Waals surface area contributed by atoms with Crippen molar-refractivity contribution in [3.63, 3.8) is 0 Å². The number of carbonyl (C=O) groups excluding carboxylic acids is 2. The third kappa shape index (κ3) is 3.54. The van der Waals surface area contributed by atoms with Crippen LogP contribution < -0.4 is 10.9 Å². The number of carbonyl (C=O) groups is 2. The third-order valence-corrected chi connectivity index (χ3v) is 8.58. The minimum atomic E-state index is -4.73. The molecule has 1 amide bonds. The van der Waals surface area contributed by atoms with Crippen LogP contribution >= 0.6 is 0 Å². The van der Waals surface area contributed by atoms with Crippen LogP contribution in [0.3, 0.4) is 0 Å². The fourth-order valence-electron chi connectivity index (χ4n) is 6.14. The number of amides is 1. The van der Waals surface area contributed by atoms with Crippen LogP contribution in [-0.2, 0) is 39.5 Å². The van der Waals surface area contributed by atoms with E-state index in [1.807, 2.05) is 0 Å². The lowest BCUT2D eigenvalue weighted by molar-refractivity contribution is -0.179. The molecule has 2 aliphatic heterocycles. The fourth-order valence-corrected chi connectivity index (χ4v) is 6.14. The Morgan fingerprint density at radius 1 is 1.27 bits per heavy atom. The molecule has 0 saturated heterocycles. The summed E-state index contributed by atoms with van der Waals surface area (Å²) in [6.45, 7) is 3.65. The number of hydrogen-bond acceptors (Lipinski definition) is 6. The van der Waals surface area contributed by atoms with E-state index in [9.17, 15) is 37.1 Å². The average molecular weight is 560 g/mol. The van der Waals surface area contributed by atoms with Gasteiger partial charge in [0.25, 0.3) is 5.56 Å². The Kier molecular flexibility index (Phi) is 5.68. The molecular weight excluding hydrogens is 534 g/mol. The first kappa shape index (κ1) is 26.4. The second-order valence-electron chi connectivity index (χ2n) is 10.7. The summed E-state index contributed by atoms with van der Waals surface area (Å²) >= 11 is 0. The predicted octanol–water partition coefficient (Wildman–Crippen LogP) is 3.83. The smallest absolute Gasteiger partial charge is 0.400 e. The largest absolute Gasteiger partial charge is 0.458 e. The van der Waals surface area contributed by atoms with Crippen LogP contribution in [0.25, 0.3) is 22.3 Å². The molecule has 8 nitrogen and oxygen atoms in total. The highest BCUT2D eigenvalue weighted by atomic mass is 19.4. The number of nitrogens with one attached hydrogen (secondary N) is 1. The van der Waals surface area contributed by atoms with Crippen LogP contribution in [0.1, 0.15) is 66.1 Å². The molecule has 3 atom stereocenters. The van der Waals surface area contributed by atoms with Gasteiger partial charge in [0.05, 0.1) is 35.1 Å². The maximum atomic E-state index is 14.9. The summed E-state index contributed by atoms with van der Waals surface area (Å²) in [5, 5.41) is 14.2. The number of esters is 1. The topological polar surface area (TPSA) is 111 Å². The molecule has 2 N–H and O–H groups in total. The fraction of sp³-hybridized carbons (Fsp3) is 0.429. The summed E-state index contributed by atoms with van der Waals surface area (Å²) in [4.78, 5) is 43.4. The number of rotatable bonds is 3. The monoisotopic (exact) mass is 559 g/mol. The van der Waals surface area contributed by atoms with Crippen molar-refractivity contribution >= 4 is 22.8 Å². The van der Waals surface area contributed by atoms with Gasteiger partial charge in [0, 0.05) is 22.6 Å². The Morgan fingerprint density at radius 3 is 2.67 bits per heavy atom. The zero-order chi connectivity index (χ0) is 28.9. The van der Waals surface area contributed by atoms with Gasteiger partial charge in [-0.2, -0.15) is 13.2 Å². The number of aromatic nitrogens is 2. The number of benzene rings is 1. The molecule has 0 spiro atoms. The lowest BCUT2D eigenvalue weighted by Gasteiger charge is -2.31. The highest BCUT2D eigenvalue weighted by Crippen LogP contribution is 2.46. The van der Waals surface area contributed by atoms with Gasteiger partial charge in [0.15, 0.2) is 5.60 Å². The van der Waals surface area contributed by atoms with Crippen LogP contribution in [0.15, 0.2) is 16.9 Å². The van der Waals surface area contributed by atoms with Crippen molar-refractivity contribution in [1.29, 1.82) is 0 Å². The molecule has 4 heterocycles. The molecule has 0 bridgehead atoms. The lowest BCUT2D eigenvalue weighted by Crippen LogP contribution is -2.44. The first-order valence-corrected chi connectivity index (χ1v) is 13.0. The van der Waals surface area contributed by atoms with Crippen molar-refractivity contribution in [3.05, 3.63) is 61.7 Å². The molecule has 0 saturated carbocycles. The zero-order valence-electron chi connectivity index (χ0n) is 21.8. The van der Waals surface area contributed by atoms with Crippen LogP contribution in [0, 0.1) is 18.7 Å². The van der Waals surface area contributed by atoms with Gasteiger partial charge in [-0.1, -0.05) is 6.92 Å². The minimum Gasteiger partial charge on any atom is -0.458 e. The molecule has 2 aromatic heterocycles. The first-order valence-electron chi connectivity index (χ1n) is 13.0. The van der Waals surface area contributed by atoms with E-state index in [0.717, 1.165) is 6.92 Å². The summed E-state index contributed by atoms with van der Waals surface area (Å²) in [5.41, 5.74) is 0.491. The number of aliphatic hydroxyl groups is 1. The highest BCUT2D eigenvalue weighted by molar-refractivity contribution is 5.94. The molecule has 0 radical (unpaired) electrons. The number of ether oxygens (including phenoxy) is 1. The molecule has 210 valence electrons. The van der Waals surface area contributed by atoms with Crippen LogP contribution in [0.4, 0.5) is 17.6 Å². The van der Waals surface area contributed by atoms with Crippen molar-refractivity contribution in [3.8, 4) is 11.4 Å². The summed E-state index contributed by atoms with van der Waals surface area (Å²) in [5.74, 6) is -4.82. The average Bonchev–Trinajstić information content (AvgIpc) is 3.27. The quantitative estimate of drug-likeness (QED) is 0.292. The van der Waals surface area contributed by atoms with E-state index >= 15 is 0 Å². The molecule has 0 fully saturated rings. The van der Waals surface area contributed by atoms with E-state index in [1.165, 1.54) is 16.7 Å². The molecule has 3 aliphatic rings. The van der Waals surface area contributed by atoms with Gasteiger partial charge in [0.2, 0.25) is 5.91 Å². The second-order valence-corrected chi connectivity index (χ2v) is 10.7. The summed E-state index contributed by atoms with van der Waals surface area (Å²) < 4.78 is 61.4. The molecule has 12 heteroatoms. The van der Waals surface area contributed by atoms with Crippen molar-refractivity contribution in [2.24, 2.45) is 5.92 Å². The maximum Gasteiger partial charge on any atom is 0.400 e. The summed E-state index contributed by atoms with van der Waals surface area (Å²) in [7, 11) is 0. The highest BCUT2D eigenvalue weighted by Gasteiger charge is 2.46. The maximum absolute atomic E-state index is 14.9. The van der Waals surface area contributed by atoms with Crippen LogP contribution in [0.2, 0.25) is 0 Å². The Labute approximate surface area is 225 Å². The number of pyridine rings is 2. The van der Waals surface area contributed by atoms with E-state index in [4.69, 9.17) is 4.74 Å². The van der Waals surface area contributed by atoms with Gasteiger partial charge in [-0.15, -0.1) is 0 Å². The SMILES string of the molecule is CC[C@@]1(O)C(=O)OCc2c1cc1n(c2=O)Cc2c-1nc1cc(F)c(C)c3c1c2[C@@H](NC(=O)C(C)C(F)(F)F)CC3. The number of alkyl halides is 3. The van der Waals surface area contributed by atoms with Gasteiger partial charge in [0.1, 0.15) is 18.3 Å². The number of aryl methyl sites for hydroxylation is 1. The van der Waals surface area contributed by atoms with Gasteiger partial charge >= 0.3 is 12.1 Å². The zero-order valence-corrected chi connectivity index (χ0v) is 21.8. The van der Waals surface area contributed by atoms with Crippen LogP contribution in [-0.4, -0.2) is 32.7 Å². The van der Waals surface area contributed by atoms with E-state index < -0.39 is 47.0 Å². The van der Waals surface area contributed by atoms with Crippen molar-refractivity contribution in [2.45, 2.75) is 71.0 Å². The van der Waals surface area contributed by atoms with Crippen molar-refractivity contribution < 1.29 is 37.0 Å². The molecular formula is C28H25F4N3O5. The summed E-state index contributed by atoms with van der Waals surface area (Å²) in [6, 6.07) is 1.90. The van der Waals surface area contributed by atoms with Gasteiger partial charge in [-0.25, -0.2) is 14.2 Å². The number of fused-ring (bicyclic) bond motifs is 5. The first-order chi connectivity index (χ1) is 18.8.